The number of rotatable bonds is 7. The largest absolute Gasteiger partial charge is 0.495 e. The SMILES string of the molecule is COc1ccc(NC(C)=O)cc1NC(=O)COC(=O)c1ccc(-n2nccc2C)cc1. The maximum absolute atomic E-state index is 12.3. The number of carbonyl (C=O) groups excluding carboxylic acids is 3. The highest BCUT2D eigenvalue weighted by molar-refractivity contribution is 5.97. The molecule has 0 spiro atoms. The van der Waals surface area contributed by atoms with E-state index in [1.807, 2.05) is 13.0 Å². The first kappa shape index (κ1) is 21.6. The maximum Gasteiger partial charge on any atom is 0.338 e. The van der Waals surface area contributed by atoms with Gasteiger partial charge in [0.15, 0.2) is 6.61 Å². The highest BCUT2D eigenvalue weighted by atomic mass is 16.5. The Bertz CT molecular complexity index is 1110. The van der Waals surface area contributed by atoms with Gasteiger partial charge in [-0.25, -0.2) is 9.48 Å². The van der Waals surface area contributed by atoms with Crippen molar-refractivity contribution >= 4 is 29.2 Å². The van der Waals surface area contributed by atoms with Crippen LogP contribution in [0.15, 0.2) is 54.7 Å². The zero-order valence-electron chi connectivity index (χ0n) is 17.3. The second-order valence-electron chi connectivity index (χ2n) is 6.65. The van der Waals surface area contributed by atoms with E-state index in [0.717, 1.165) is 11.4 Å². The van der Waals surface area contributed by atoms with Crippen molar-refractivity contribution in [1.82, 2.24) is 9.78 Å². The topological polar surface area (TPSA) is 112 Å². The van der Waals surface area contributed by atoms with Gasteiger partial charge in [0.05, 0.1) is 24.0 Å². The van der Waals surface area contributed by atoms with Crippen LogP contribution < -0.4 is 15.4 Å². The summed E-state index contributed by atoms with van der Waals surface area (Å²) in [5, 5.41) is 9.44. The Kier molecular flexibility index (Phi) is 6.66. The molecule has 2 amide bonds. The van der Waals surface area contributed by atoms with Gasteiger partial charge in [-0.1, -0.05) is 0 Å². The lowest BCUT2D eigenvalue weighted by molar-refractivity contribution is -0.119. The first-order valence-corrected chi connectivity index (χ1v) is 9.41. The number of aromatic nitrogens is 2. The molecule has 2 aromatic carbocycles. The second kappa shape index (κ2) is 9.57. The van der Waals surface area contributed by atoms with Gasteiger partial charge in [-0.2, -0.15) is 5.10 Å². The Morgan fingerprint density at radius 2 is 1.77 bits per heavy atom. The number of hydrogen-bond donors (Lipinski definition) is 2. The molecule has 0 atom stereocenters. The quantitative estimate of drug-likeness (QED) is 0.566. The van der Waals surface area contributed by atoms with Crippen LogP contribution in [0.2, 0.25) is 0 Å². The summed E-state index contributed by atoms with van der Waals surface area (Å²) in [6.07, 6.45) is 1.69. The van der Waals surface area contributed by atoms with Crippen molar-refractivity contribution in [2.45, 2.75) is 13.8 Å². The van der Waals surface area contributed by atoms with Crippen molar-refractivity contribution in [2.24, 2.45) is 0 Å². The second-order valence-corrected chi connectivity index (χ2v) is 6.65. The molecule has 160 valence electrons. The van der Waals surface area contributed by atoms with Crippen molar-refractivity contribution in [3.05, 3.63) is 66.0 Å². The first-order valence-electron chi connectivity index (χ1n) is 9.41. The van der Waals surface area contributed by atoms with Gasteiger partial charge in [-0.3, -0.25) is 9.59 Å². The lowest BCUT2D eigenvalue weighted by Gasteiger charge is -2.12. The van der Waals surface area contributed by atoms with E-state index < -0.39 is 18.5 Å². The summed E-state index contributed by atoms with van der Waals surface area (Å²) in [4.78, 5) is 35.7. The number of methoxy groups -OCH3 is 1. The first-order chi connectivity index (χ1) is 14.9. The number of anilines is 2. The van der Waals surface area contributed by atoms with Gasteiger partial charge in [0.25, 0.3) is 5.91 Å². The minimum absolute atomic E-state index is 0.245. The molecule has 3 rings (SSSR count). The molecule has 0 fully saturated rings. The molecule has 3 aromatic rings. The van der Waals surface area contributed by atoms with Gasteiger partial charge in [-0.15, -0.1) is 0 Å². The number of benzene rings is 2. The zero-order chi connectivity index (χ0) is 22.4. The maximum atomic E-state index is 12.3. The van der Waals surface area contributed by atoms with E-state index in [1.165, 1.54) is 14.0 Å². The summed E-state index contributed by atoms with van der Waals surface area (Å²) in [7, 11) is 1.46. The Hall–Kier alpha value is -4.14. The van der Waals surface area contributed by atoms with Crippen LogP contribution in [0.3, 0.4) is 0 Å². The molecule has 0 saturated heterocycles. The molecule has 0 saturated carbocycles. The van der Waals surface area contributed by atoms with E-state index in [-0.39, 0.29) is 5.91 Å². The van der Waals surface area contributed by atoms with Crippen LogP contribution in [0.5, 0.6) is 5.75 Å². The van der Waals surface area contributed by atoms with Crippen LogP contribution in [0.4, 0.5) is 11.4 Å². The fraction of sp³-hybridized carbons (Fsp3) is 0.182. The van der Waals surface area contributed by atoms with Gasteiger partial charge in [0, 0.05) is 24.5 Å². The van der Waals surface area contributed by atoms with Crippen molar-refractivity contribution in [3.63, 3.8) is 0 Å². The zero-order valence-corrected chi connectivity index (χ0v) is 17.3. The molecule has 2 N–H and O–H groups in total. The average molecular weight is 422 g/mol. The average Bonchev–Trinajstić information content (AvgIpc) is 3.18. The Labute approximate surface area is 179 Å². The molecule has 9 nitrogen and oxygen atoms in total. The van der Waals surface area contributed by atoms with E-state index in [1.54, 1.807) is 53.3 Å². The number of aryl methyl sites for hydroxylation is 1. The van der Waals surface area contributed by atoms with Crippen molar-refractivity contribution in [3.8, 4) is 11.4 Å². The van der Waals surface area contributed by atoms with Crippen LogP contribution in [0.25, 0.3) is 5.69 Å². The lowest BCUT2D eigenvalue weighted by atomic mass is 10.2. The molecule has 0 radical (unpaired) electrons. The fourth-order valence-electron chi connectivity index (χ4n) is 2.87. The summed E-state index contributed by atoms with van der Waals surface area (Å²) in [6, 6.07) is 13.4. The van der Waals surface area contributed by atoms with Gasteiger partial charge in [0.1, 0.15) is 5.75 Å². The van der Waals surface area contributed by atoms with Gasteiger partial charge in [0.2, 0.25) is 5.91 Å². The van der Waals surface area contributed by atoms with Crippen molar-refractivity contribution in [2.75, 3.05) is 24.4 Å². The summed E-state index contributed by atoms with van der Waals surface area (Å²) in [6.45, 7) is 2.83. The number of hydrogen-bond acceptors (Lipinski definition) is 6. The van der Waals surface area contributed by atoms with E-state index in [4.69, 9.17) is 9.47 Å². The van der Waals surface area contributed by atoms with Crippen molar-refractivity contribution < 1.29 is 23.9 Å². The normalized spacial score (nSPS) is 10.3. The number of carbonyl (C=O) groups is 3. The van der Waals surface area contributed by atoms with E-state index in [2.05, 4.69) is 15.7 Å². The third kappa shape index (κ3) is 5.47. The number of nitrogens with zero attached hydrogens (tertiary/aromatic N) is 2. The fourth-order valence-corrected chi connectivity index (χ4v) is 2.87. The van der Waals surface area contributed by atoms with Gasteiger partial charge >= 0.3 is 5.97 Å². The van der Waals surface area contributed by atoms with E-state index in [0.29, 0.717) is 22.7 Å². The predicted molar refractivity (Wildman–Crippen MR) is 115 cm³/mol. The molecule has 9 heteroatoms. The Morgan fingerprint density at radius 3 is 2.39 bits per heavy atom. The third-order valence-corrected chi connectivity index (χ3v) is 4.31. The molecular weight excluding hydrogens is 400 g/mol. The third-order valence-electron chi connectivity index (χ3n) is 4.31. The van der Waals surface area contributed by atoms with Crippen LogP contribution in [-0.2, 0) is 14.3 Å². The van der Waals surface area contributed by atoms with Gasteiger partial charge < -0.3 is 20.1 Å². The Morgan fingerprint density at radius 1 is 1.03 bits per heavy atom. The minimum atomic E-state index is -0.627. The molecule has 0 aliphatic rings. The van der Waals surface area contributed by atoms with Crippen molar-refractivity contribution in [1.29, 1.82) is 0 Å². The monoisotopic (exact) mass is 422 g/mol. The number of ether oxygens (including phenoxy) is 2. The summed E-state index contributed by atoms with van der Waals surface area (Å²) < 4.78 is 12.1. The number of amides is 2. The lowest BCUT2D eigenvalue weighted by Crippen LogP contribution is -2.21. The molecule has 0 unspecified atom stereocenters. The number of esters is 1. The number of nitrogens with one attached hydrogen (secondary N) is 2. The van der Waals surface area contributed by atoms with E-state index >= 15 is 0 Å². The molecule has 1 aromatic heterocycles. The molecule has 1 heterocycles. The molecular formula is C22H22N4O5. The summed E-state index contributed by atoms with van der Waals surface area (Å²) >= 11 is 0. The van der Waals surface area contributed by atoms with E-state index in [9.17, 15) is 14.4 Å². The molecule has 0 aliphatic carbocycles. The molecule has 0 bridgehead atoms. The van der Waals surface area contributed by atoms with Crippen LogP contribution in [0, 0.1) is 6.92 Å². The van der Waals surface area contributed by atoms with Crippen LogP contribution >= 0.6 is 0 Å². The summed E-state index contributed by atoms with van der Waals surface area (Å²) in [5.74, 6) is -1.02. The molecule has 31 heavy (non-hydrogen) atoms. The van der Waals surface area contributed by atoms with Crippen LogP contribution in [-0.4, -0.2) is 41.3 Å². The van der Waals surface area contributed by atoms with Crippen LogP contribution in [0.1, 0.15) is 23.0 Å². The highest BCUT2D eigenvalue weighted by Gasteiger charge is 2.13. The molecule has 0 aliphatic heterocycles. The summed E-state index contributed by atoms with van der Waals surface area (Å²) in [5.41, 5.74) is 2.92. The highest BCUT2D eigenvalue weighted by Crippen LogP contribution is 2.27. The van der Waals surface area contributed by atoms with Gasteiger partial charge in [-0.05, 0) is 55.5 Å². The smallest absolute Gasteiger partial charge is 0.338 e. The predicted octanol–water partition coefficient (Wildman–Crippen LogP) is 2.94. The Balaban J connectivity index is 1.60. The minimum Gasteiger partial charge on any atom is -0.495 e. The standard InChI is InChI=1S/C22H22N4O5/c1-14-10-11-23-26(14)18-7-4-16(5-8-18)22(29)31-13-21(28)25-19-12-17(24-15(2)27)6-9-20(19)30-3/h4-12H,13H2,1-3H3,(H,24,27)(H,25,28).